The topological polar surface area (TPSA) is 28.2 Å². The number of aromatic nitrogens is 1. The smallest absolute Gasteiger partial charge is 0.185 e. The van der Waals surface area contributed by atoms with Gasteiger partial charge in [-0.3, -0.25) is 0 Å². The van der Waals surface area contributed by atoms with E-state index in [-0.39, 0.29) is 0 Å². The van der Waals surface area contributed by atoms with Gasteiger partial charge < -0.3 is 10.2 Å². The van der Waals surface area contributed by atoms with E-state index in [0.29, 0.717) is 0 Å². The zero-order chi connectivity index (χ0) is 13.7. The Bertz CT molecular complexity index is 389. The maximum atomic E-state index is 4.90. The largest absolute Gasteiger partial charge is 0.348 e. The molecule has 1 aromatic heterocycles. The highest BCUT2D eigenvalue weighted by atomic mass is 32.1. The van der Waals surface area contributed by atoms with Crippen molar-refractivity contribution in [3.05, 3.63) is 10.6 Å². The average Bonchev–Trinajstić information content (AvgIpc) is 2.97. The third-order valence-corrected chi connectivity index (χ3v) is 4.82. The number of nitrogens with one attached hydrogen (secondary N) is 1. The summed E-state index contributed by atoms with van der Waals surface area (Å²) in [6.07, 6.45) is 4.80. The van der Waals surface area contributed by atoms with E-state index in [0.717, 1.165) is 25.4 Å². The Kier molecular flexibility index (Phi) is 5.64. The van der Waals surface area contributed by atoms with E-state index >= 15 is 0 Å². The van der Waals surface area contributed by atoms with Crippen molar-refractivity contribution in [3.8, 4) is 0 Å². The van der Waals surface area contributed by atoms with Crippen LogP contribution in [0.5, 0.6) is 0 Å². The molecule has 108 valence electrons. The van der Waals surface area contributed by atoms with Crippen LogP contribution >= 0.6 is 11.3 Å². The van der Waals surface area contributed by atoms with Gasteiger partial charge in [-0.15, -0.1) is 11.3 Å². The molecule has 0 amide bonds. The van der Waals surface area contributed by atoms with E-state index < -0.39 is 0 Å². The van der Waals surface area contributed by atoms with E-state index in [1.807, 2.05) is 11.3 Å². The van der Waals surface area contributed by atoms with Crippen molar-refractivity contribution >= 4 is 16.5 Å². The molecule has 1 atom stereocenters. The van der Waals surface area contributed by atoms with Crippen LogP contribution < -0.4 is 10.2 Å². The Balaban J connectivity index is 2.05. The number of thiazole rings is 1. The molecule has 4 heteroatoms. The van der Waals surface area contributed by atoms with Crippen LogP contribution in [0.4, 0.5) is 5.13 Å². The standard InChI is InChI=1S/C15H27N3S/c1-4-6-13-14(10-16-8-5-2)19-15(17-13)18-9-7-12(3)11-18/h12,16H,4-11H2,1-3H3. The summed E-state index contributed by atoms with van der Waals surface area (Å²) in [7, 11) is 0. The molecule has 0 bridgehead atoms. The van der Waals surface area contributed by atoms with Gasteiger partial charge in [0.05, 0.1) is 5.69 Å². The number of hydrogen-bond acceptors (Lipinski definition) is 4. The summed E-state index contributed by atoms with van der Waals surface area (Å²) in [6, 6.07) is 0. The van der Waals surface area contributed by atoms with Crippen LogP contribution in [-0.2, 0) is 13.0 Å². The highest BCUT2D eigenvalue weighted by Gasteiger charge is 2.22. The second kappa shape index (κ2) is 7.25. The van der Waals surface area contributed by atoms with E-state index in [4.69, 9.17) is 4.98 Å². The van der Waals surface area contributed by atoms with E-state index in [1.54, 1.807) is 0 Å². The van der Waals surface area contributed by atoms with Gasteiger partial charge in [0.2, 0.25) is 0 Å². The molecule has 19 heavy (non-hydrogen) atoms. The average molecular weight is 281 g/mol. The monoisotopic (exact) mass is 281 g/mol. The van der Waals surface area contributed by atoms with Gasteiger partial charge in [0.1, 0.15) is 0 Å². The molecule has 1 aliphatic heterocycles. The Hall–Kier alpha value is -0.610. The molecule has 2 rings (SSSR count). The van der Waals surface area contributed by atoms with Crippen LogP contribution in [0.1, 0.15) is 50.6 Å². The van der Waals surface area contributed by atoms with Crippen molar-refractivity contribution in [3.63, 3.8) is 0 Å². The summed E-state index contributed by atoms with van der Waals surface area (Å²) in [5.74, 6) is 0.820. The lowest BCUT2D eigenvalue weighted by molar-refractivity contribution is 0.659. The predicted octanol–water partition coefficient (Wildman–Crippen LogP) is 3.44. The van der Waals surface area contributed by atoms with Crippen LogP contribution in [-0.4, -0.2) is 24.6 Å². The second-order valence-corrected chi connectivity index (χ2v) is 6.70. The van der Waals surface area contributed by atoms with Crippen LogP contribution in [0.15, 0.2) is 0 Å². The van der Waals surface area contributed by atoms with Crippen molar-refractivity contribution in [1.29, 1.82) is 0 Å². The molecule has 0 spiro atoms. The highest BCUT2D eigenvalue weighted by Crippen LogP contribution is 2.31. The lowest BCUT2D eigenvalue weighted by Crippen LogP contribution is -2.18. The summed E-state index contributed by atoms with van der Waals surface area (Å²) in [5, 5.41) is 4.77. The van der Waals surface area contributed by atoms with Gasteiger partial charge in [-0.05, 0) is 31.7 Å². The zero-order valence-electron chi connectivity index (χ0n) is 12.5. The summed E-state index contributed by atoms with van der Waals surface area (Å²) in [4.78, 5) is 8.82. The summed E-state index contributed by atoms with van der Waals surface area (Å²) < 4.78 is 0. The van der Waals surface area contributed by atoms with Gasteiger partial charge in [0.15, 0.2) is 5.13 Å². The number of rotatable bonds is 7. The summed E-state index contributed by atoms with van der Waals surface area (Å²) in [5.41, 5.74) is 1.32. The van der Waals surface area contributed by atoms with Gasteiger partial charge in [-0.25, -0.2) is 4.98 Å². The molecule has 1 fully saturated rings. The molecule has 0 aromatic carbocycles. The van der Waals surface area contributed by atoms with E-state index in [2.05, 4.69) is 31.0 Å². The van der Waals surface area contributed by atoms with Crippen molar-refractivity contribution in [2.24, 2.45) is 5.92 Å². The predicted molar refractivity (Wildman–Crippen MR) is 84.1 cm³/mol. The molecule has 1 N–H and O–H groups in total. The molecule has 3 nitrogen and oxygen atoms in total. The van der Waals surface area contributed by atoms with Crippen LogP contribution in [0.2, 0.25) is 0 Å². The first-order chi connectivity index (χ1) is 9.24. The Labute approximate surface area is 121 Å². The van der Waals surface area contributed by atoms with Gasteiger partial charge >= 0.3 is 0 Å². The molecule has 0 radical (unpaired) electrons. The molecular formula is C15H27N3S. The Morgan fingerprint density at radius 1 is 1.37 bits per heavy atom. The van der Waals surface area contributed by atoms with E-state index in [1.165, 1.54) is 48.1 Å². The first-order valence-electron chi connectivity index (χ1n) is 7.68. The van der Waals surface area contributed by atoms with Crippen LogP contribution in [0.3, 0.4) is 0 Å². The van der Waals surface area contributed by atoms with Crippen LogP contribution in [0.25, 0.3) is 0 Å². The Morgan fingerprint density at radius 3 is 2.84 bits per heavy atom. The van der Waals surface area contributed by atoms with Crippen molar-refractivity contribution in [1.82, 2.24) is 10.3 Å². The van der Waals surface area contributed by atoms with E-state index in [9.17, 15) is 0 Å². The van der Waals surface area contributed by atoms with Gasteiger partial charge in [-0.2, -0.15) is 0 Å². The highest BCUT2D eigenvalue weighted by molar-refractivity contribution is 7.15. The first-order valence-corrected chi connectivity index (χ1v) is 8.50. The van der Waals surface area contributed by atoms with Gasteiger partial charge in [0, 0.05) is 24.5 Å². The maximum Gasteiger partial charge on any atom is 0.185 e. The molecule has 1 aliphatic rings. The van der Waals surface area contributed by atoms with Crippen molar-refractivity contribution in [2.45, 2.75) is 53.0 Å². The fraction of sp³-hybridized carbons (Fsp3) is 0.800. The number of hydrogen-bond donors (Lipinski definition) is 1. The molecule has 0 aliphatic carbocycles. The summed E-state index contributed by atoms with van der Waals surface area (Å²) >= 11 is 1.90. The summed E-state index contributed by atoms with van der Waals surface area (Å²) in [6.45, 7) is 11.2. The molecule has 0 saturated carbocycles. The van der Waals surface area contributed by atoms with Gasteiger partial charge in [-0.1, -0.05) is 27.2 Å². The number of nitrogens with zero attached hydrogens (tertiary/aromatic N) is 2. The minimum Gasteiger partial charge on any atom is -0.348 e. The lowest BCUT2D eigenvalue weighted by atomic mass is 10.2. The minimum absolute atomic E-state index is 0.820. The van der Waals surface area contributed by atoms with Crippen molar-refractivity contribution in [2.75, 3.05) is 24.5 Å². The third-order valence-electron chi connectivity index (χ3n) is 3.66. The van der Waals surface area contributed by atoms with Crippen LogP contribution in [0, 0.1) is 5.92 Å². The quantitative estimate of drug-likeness (QED) is 0.776. The minimum atomic E-state index is 0.820. The number of anilines is 1. The number of aryl methyl sites for hydroxylation is 1. The maximum absolute atomic E-state index is 4.90. The Morgan fingerprint density at radius 2 is 2.21 bits per heavy atom. The van der Waals surface area contributed by atoms with Gasteiger partial charge in [0.25, 0.3) is 0 Å². The molecule has 1 saturated heterocycles. The second-order valence-electron chi connectivity index (χ2n) is 5.63. The molecule has 1 aromatic rings. The SMILES string of the molecule is CCCNCc1sc(N2CCC(C)C2)nc1CCC. The van der Waals surface area contributed by atoms with Crippen molar-refractivity contribution < 1.29 is 0 Å². The fourth-order valence-corrected chi connectivity index (χ4v) is 3.67. The molecular weight excluding hydrogens is 254 g/mol. The molecule has 1 unspecified atom stereocenters. The zero-order valence-corrected chi connectivity index (χ0v) is 13.4. The third kappa shape index (κ3) is 3.93. The first kappa shape index (κ1) is 14.8. The normalized spacial score (nSPS) is 19.3. The fourth-order valence-electron chi connectivity index (χ4n) is 2.56. The molecule has 2 heterocycles. The lowest BCUT2D eigenvalue weighted by Gasteiger charge is -2.13.